The van der Waals surface area contributed by atoms with Crippen LogP contribution in [0.5, 0.6) is 11.5 Å². The fourth-order valence-electron chi connectivity index (χ4n) is 6.98. The number of fused-ring (bicyclic) bond motifs is 2. The van der Waals surface area contributed by atoms with Crippen molar-refractivity contribution >= 4 is 11.5 Å². The summed E-state index contributed by atoms with van der Waals surface area (Å²) in [6.07, 6.45) is 14.9. The van der Waals surface area contributed by atoms with Crippen LogP contribution in [-0.2, 0) is 4.79 Å². The predicted molar refractivity (Wildman–Crippen MR) is 163 cm³/mol. The largest absolute Gasteiger partial charge is 0.483 e. The molecule has 0 N–H and O–H groups in total. The number of benzene rings is 1. The number of nitrogens with zero attached hydrogens (tertiary/aromatic N) is 1. The van der Waals surface area contributed by atoms with E-state index in [2.05, 4.69) is 58.6 Å². The van der Waals surface area contributed by atoms with Gasteiger partial charge < -0.3 is 14.4 Å². The molecule has 4 rings (SSSR count). The summed E-state index contributed by atoms with van der Waals surface area (Å²) in [7, 11) is 0. The molecule has 1 aromatic rings. The highest BCUT2D eigenvalue weighted by Crippen LogP contribution is 2.52. The zero-order valence-corrected chi connectivity index (χ0v) is 25.9. The lowest BCUT2D eigenvalue weighted by molar-refractivity contribution is -0.134. The maximum absolute atomic E-state index is 13.3. The van der Waals surface area contributed by atoms with Crippen molar-refractivity contribution in [1.82, 2.24) is 4.90 Å². The van der Waals surface area contributed by atoms with Crippen molar-refractivity contribution in [3.05, 3.63) is 28.8 Å². The molecule has 0 unspecified atom stereocenters. The molecular formula is C35H55NO3. The lowest BCUT2D eigenvalue weighted by Crippen LogP contribution is -2.37. The normalized spacial score (nSPS) is 22.8. The standard InChI is InChI=1S/C35H55NO3/c1-7-8-11-15-26(3)27(4)28-23-31(38-33(37)16-14-21-36-19-12-9-10-13-20-36)34-29-22-25(2)17-18-30(29)35(5,6)39-32(34)24-28/h23-27H,7-22H2,1-6H3/t25-,26-,27+/m0/s1. The second-order valence-electron chi connectivity index (χ2n) is 13.4. The van der Waals surface area contributed by atoms with Crippen LogP contribution in [0.2, 0.25) is 0 Å². The molecule has 0 amide bonds. The van der Waals surface area contributed by atoms with Crippen LogP contribution in [0.3, 0.4) is 0 Å². The van der Waals surface area contributed by atoms with E-state index >= 15 is 0 Å². The van der Waals surface area contributed by atoms with Gasteiger partial charge in [0.05, 0.1) is 5.56 Å². The fraction of sp³-hybridized carbons (Fsp3) is 0.743. The zero-order valence-electron chi connectivity index (χ0n) is 25.9. The number of unbranched alkanes of at least 4 members (excludes halogenated alkanes) is 2. The van der Waals surface area contributed by atoms with Crippen LogP contribution in [0, 0.1) is 11.8 Å². The smallest absolute Gasteiger partial charge is 0.311 e. The lowest BCUT2D eigenvalue weighted by Gasteiger charge is -2.41. The highest BCUT2D eigenvalue weighted by atomic mass is 16.5. The second kappa shape index (κ2) is 13.7. The van der Waals surface area contributed by atoms with Crippen molar-refractivity contribution in [3.63, 3.8) is 0 Å². The summed E-state index contributed by atoms with van der Waals surface area (Å²) in [5.74, 6) is 3.09. The summed E-state index contributed by atoms with van der Waals surface area (Å²) in [5.41, 5.74) is 4.70. The first kappa shape index (κ1) is 30.2. The number of carbonyl (C=O) groups is 1. The topological polar surface area (TPSA) is 38.8 Å². The Morgan fingerprint density at radius 3 is 2.56 bits per heavy atom. The summed E-state index contributed by atoms with van der Waals surface area (Å²) >= 11 is 0. The Hall–Kier alpha value is -1.81. The molecule has 0 bridgehead atoms. The molecule has 0 radical (unpaired) electrons. The van der Waals surface area contributed by atoms with Crippen LogP contribution in [-0.4, -0.2) is 36.1 Å². The van der Waals surface area contributed by atoms with Crippen LogP contribution >= 0.6 is 0 Å². The summed E-state index contributed by atoms with van der Waals surface area (Å²) in [6.45, 7) is 17.0. The molecule has 3 atom stereocenters. The predicted octanol–water partition coefficient (Wildman–Crippen LogP) is 9.31. The Morgan fingerprint density at radius 1 is 1.10 bits per heavy atom. The monoisotopic (exact) mass is 537 g/mol. The Balaban J connectivity index is 1.58. The van der Waals surface area contributed by atoms with Gasteiger partial charge in [-0.2, -0.15) is 0 Å². The molecule has 1 aliphatic carbocycles. The van der Waals surface area contributed by atoms with Gasteiger partial charge in [0.15, 0.2) is 0 Å². The van der Waals surface area contributed by atoms with E-state index in [4.69, 9.17) is 9.47 Å². The summed E-state index contributed by atoms with van der Waals surface area (Å²) in [6, 6.07) is 4.44. The average Bonchev–Trinajstić information content (AvgIpc) is 3.16. The van der Waals surface area contributed by atoms with E-state index in [1.165, 1.54) is 87.6 Å². The molecule has 1 fully saturated rings. The van der Waals surface area contributed by atoms with Gasteiger partial charge in [0.1, 0.15) is 17.1 Å². The van der Waals surface area contributed by atoms with Crippen molar-refractivity contribution in [2.75, 3.05) is 19.6 Å². The van der Waals surface area contributed by atoms with Gasteiger partial charge in [0, 0.05) is 6.42 Å². The SMILES string of the molecule is CCCCC[C@H](C)[C@@H](C)c1cc(OC(=O)CCCN2CCCCCC2)c2c(c1)OC(C)(C)C1=C2C[C@@H](C)CC1. The Bertz CT molecular complexity index is 1000. The molecule has 3 aliphatic rings. The molecule has 1 saturated heterocycles. The first-order valence-electron chi connectivity index (χ1n) is 16.2. The van der Waals surface area contributed by atoms with E-state index in [1.54, 1.807) is 0 Å². The number of hydrogen-bond acceptors (Lipinski definition) is 4. The van der Waals surface area contributed by atoms with E-state index in [1.807, 2.05) is 0 Å². The van der Waals surface area contributed by atoms with Crippen LogP contribution in [0.15, 0.2) is 17.7 Å². The molecular weight excluding hydrogens is 482 g/mol. The number of likely N-dealkylation sites (tertiary alicyclic amines) is 1. The van der Waals surface area contributed by atoms with Gasteiger partial charge >= 0.3 is 5.97 Å². The van der Waals surface area contributed by atoms with Gasteiger partial charge in [-0.05, 0) is 119 Å². The zero-order chi connectivity index (χ0) is 28.0. The number of ether oxygens (including phenoxy) is 2. The second-order valence-corrected chi connectivity index (χ2v) is 13.4. The summed E-state index contributed by atoms with van der Waals surface area (Å²) < 4.78 is 13.0. The van der Waals surface area contributed by atoms with Crippen LogP contribution in [0.4, 0.5) is 0 Å². The molecule has 39 heavy (non-hydrogen) atoms. The molecule has 218 valence electrons. The maximum atomic E-state index is 13.3. The number of rotatable bonds is 11. The molecule has 4 nitrogen and oxygen atoms in total. The molecule has 0 aromatic heterocycles. The first-order chi connectivity index (χ1) is 18.7. The third-order valence-electron chi connectivity index (χ3n) is 9.71. The molecule has 0 saturated carbocycles. The quantitative estimate of drug-likeness (QED) is 0.160. The van der Waals surface area contributed by atoms with Gasteiger partial charge in [-0.15, -0.1) is 0 Å². The van der Waals surface area contributed by atoms with Crippen molar-refractivity contribution < 1.29 is 14.3 Å². The van der Waals surface area contributed by atoms with E-state index in [0.717, 1.165) is 42.9 Å². The summed E-state index contributed by atoms with van der Waals surface area (Å²) in [5, 5.41) is 0. The summed E-state index contributed by atoms with van der Waals surface area (Å²) in [4.78, 5) is 15.8. The lowest BCUT2D eigenvalue weighted by atomic mass is 9.74. The molecule has 2 aliphatic heterocycles. The number of esters is 1. The minimum absolute atomic E-state index is 0.108. The van der Waals surface area contributed by atoms with Crippen molar-refractivity contribution in [1.29, 1.82) is 0 Å². The van der Waals surface area contributed by atoms with Crippen molar-refractivity contribution in [2.45, 2.75) is 137 Å². The van der Waals surface area contributed by atoms with Crippen LogP contribution in [0.25, 0.3) is 5.57 Å². The van der Waals surface area contributed by atoms with Crippen molar-refractivity contribution in [3.8, 4) is 11.5 Å². The van der Waals surface area contributed by atoms with E-state index < -0.39 is 0 Å². The van der Waals surface area contributed by atoms with Gasteiger partial charge in [-0.25, -0.2) is 0 Å². The van der Waals surface area contributed by atoms with Gasteiger partial charge in [0.2, 0.25) is 0 Å². The molecule has 2 heterocycles. The van der Waals surface area contributed by atoms with Crippen LogP contribution < -0.4 is 9.47 Å². The van der Waals surface area contributed by atoms with Crippen molar-refractivity contribution in [2.24, 2.45) is 11.8 Å². The van der Waals surface area contributed by atoms with Gasteiger partial charge in [-0.3, -0.25) is 4.79 Å². The van der Waals surface area contributed by atoms with Gasteiger partial charge in [0.25, 0.3) is 0 Å². The molecule has 1 aromatic carbocycles. The minimum Gasteiger partial charge on any atom is -0.483 e. The average molecular weight is 538 g/mol. The van der Waals surface area contributed by atoms with Crippen LogP contribution in [0.1, 0.15) is 142 Å². The third kappa shape index (κ3) is 7.69. The highest BCUT2D eigenvalue weighted by Gasteiger charge is 2.39. The Morgan fingerprint density at radius 2 is 1.85 bits per heavy atom. The van der Waals surface area contributed by atoms with E-state index in [-0.39, 0.29) is 11.6 Å². The number of hydrogen-bond donors (Lipinski definition) is 0. The number of allylic oxidation sites excluding steroid dienone is 1. The van der Waals surface area contributed by atoms with E-state index in [0.29, 0.717) is 24.2 Å². The van der Waals surface area contributed by atoms with Gasteiger partial charge in [-0.1, -0.05) is 66.2 Å². The molecule has 0 spiro atoms. The Labute approximate surface area is 238 Å². The maximum Gasteiger partial charge on any atom is 0.311 e. The van der Waals surface area contributed by atoms with E-state index in [9.17, 15) is 4.79 Å². The fourth-order valence-corrected chi connectivity index (χ4v) is 6.98. The number of carbonyl (C=O) groups excluding carboxylic acids is 1. The Kier molecular flexibility index (Phi) is 10.6. The first-order valence-corrected chi connectivity index (χ1v) is 16.2. The molecule has 4 heteroatoms. The minimum atomic E-state index is -0.328. The third-order valence-corrected chi connectivity index (χ3v) is 9.71. The highest BCUT2D eigenvalue weighted by molar-refractivity contribution is 5.84.